The molecule has 0 fully saturated rings. The van der Waals surface area contributed by atoms with Gasteiger partial charge in [0.25, 0.3) is 0 Å². The highest BCUT2D eigenvalue weighted by Crippen LogP contribution is 2.35. The Labute approximate surface area is 140 Å². The van der Waals surface area contributed by atoms with Crippen LogP contribution in [-0.4, -0.2) is 24.0 Å². The zero-order valence-electron chi connectivity index (χ0n) is 12.6. The molecule has 1 atom stereocenters. The van der Waals surface area contributed by atoms with Gasteiger partial charge in [-0.15, -0.1) is 10.2 Å². The first-order valence-corrected chi connectivity index (χ1v) is 8.92. The van der Waals surface area contributed by atoms with Gasteiger partial charge in [-0.3, -0.25) is 4.21 Å². The third-order valence-corrected chi connectivity index (χ3v) is 5.60. The van der Waals surface area contributed by atoms with Crippen LogP contribution in [0, 0.1) is 0 Å². The van der Waals surface area contributed by atoms with Crippen LogP contribution < -0.4 is 0 Å². The lowest BCUT2D eigenvalue weighted by Gasteiger charge is -2.18. The minimum Gasteiger partial charge on any atom is -0.254 e. The predicted molar refractivity (Wildman–Crippen MR) is 91.8 cm³/mol. The van der Waals surface area contributed by atoms with Gasteiger partial charge in [0, 0.05) is 16.0 Å². The molecule has 2 aromatic heterocycles. The summed E-state index contributed by atoms with van der Waals surface area (Å²) in [6, 6.07) is 19.5. The number of fused-ring (bicyclic) bond motifs is 4. The van der Waals surface area contributed by atoms with E-state index in [1.807, 2.05) is 60.7 Å². The molecule has 5 nitrogen and oxygen atoms in total. The first-order valence-electron chi connectivity index (χ1n) is 7.60. The van der Waals surface area contributed by atoms with Gasteiger partial charge >= 0.3 is 0 Å². The number of hydrogen-bond acceptors (Lipinski definition) is 4. The van der Waals surface area contributed by atoms with Crippen LogP contribution in [0.4, 0.5) is 0 Å². The molecule has 0 radical (unpaired) electrons. The Balaban J connectivity index is 1.80. The second kappa shape index (κ2) is 5.07. The molecule has 0 aliphatic carbocycles. The molecule has 24 heavy (non-hydrogen) atoms. The van der Waals surface area contributed by atoms with E-state index in [9.17, 15) is 4.21 Å². The van der Waals surface area contributed by atoms with Crippen LogP contribution in [0.3, 0.4) is 0 Å². The monoisotopic (exact) mass is 332 g/mol. The van der Waals surface area contributed by atoms with Crippen LogP contribution in [0.5, 0.6) is 0 Å². The molecule has 0 amide bonds. The quantitative estimate of drug-likeness (QED) is 0.537. The Morgan fingerprint density at radius 1 is 0.958 bits per heavy atom. The summed E-state index contributed by atoms with van der Waals surface area (Å²) in [5, 5.41) is 13.3. The summed E-state index contributed by atoms with van der Waals surface area (Å²) in [6.45, 7) is 0. The van der Waals surface area contributed by atoms with Crippen molar-refractivity contribution >= 4 is 16.4 Å². The topological polar surface area (TPSA) is 60.2 Å². The van der Waals surface area contributed by atoms with Crippen molar-refractivity contribution in [3.05, 3.63) is 66.2 Å². The molecule has 1 aliphatic heterocycles. The first kappa shape index (κ1) is 13.6. The molecule has 1 aliphatic rings. The van der Waals surface area contributed by atoms with E-state index in [0.717, 1.165) is 27.3 Å². The summed E-state index contributed by atoms with van der Waals surface area (Å²) in [5.74, 6) is 1.17. The third-order valence-electron chi connectivity index (χ3n) is 4.18. The standard InChI is InChI=1S/C18H12N4OS/c23-24-11-13-10-16-19-20-18(12-6-2-1-3-7-12)22(16)21-17(13)14-8-4-5-9-15(14)24/h1-10H,11H2. The Morgan fingerprint density at radius 2 is 1.75 bits per heavy atom. The SMILES string of the molecule is O=S1Cc2cc3nnc(-c4ccccc4)n3nc2-c2ccccc21. The molecule has 4 aromatic rings. The van der Waals surface area contributed by atoms with Crippen molar-refractivity contribution in [2.24, 2.45) is 0 Å². The van der Waals surface area contributed by atoms with Crippen LogP contribution in [0.15, 0.2) is 65.6 Å². The Bertz CT molecular complexity index is 1100. The van der Waals surface area contributed by atoms with Gasteiger partial charge in [-0.2, -0.15) is 9.61 Å². The van der Waals surface area contributed by atoms with Crippen LogP contribution in [-0.2, 0) is 16.6 Å². The van der Waals surface area contributed by atoms with E-state index in [0.29, 0.717) is 17.2 Å². The van der Waals surface area contributed by atoms with E-state index < -0.39 is 10.8 Å². The summed E-state index contributed by atoms with van der Waals surface area (Å²) >= 11 is 0. The maximum Gasteiger partial charge on any atom is 0.185 e. The number of hydrogen-bond donors (Lipinski definition) is 0. The molecule has 0 spiro atoms. The van der Waals surface area contributed by atoms with Crippen molar-refractivity contribution in [3.63, 3.8) is 0 Å². The molecule has 3 heterocycles. The Morgan fingerprint density at radius 3 is 2.62 bits per heavy atom. The summed E-state index contributed by atoms with van der Waals surface area (Å²) in [6.07, 6.45) is 0. The summed E-state index contributed by atoms with van der Waals surface area (Å²) in [5.41, 5.74) is 4.36. The van der Waals surface area contributed by atoms with Gasteiger partial charge in [0.15, 0.2) is 11.5 Å². The molecule has 6 heteroatoms. The molecule has 2 aromatic carbocycles. The zero-order valence-corrected chi connectivity index (χ0v) is 13.4. The van der Waals surface area contributed by atoms with Gasteiger partial charge in [0.05, 0.1) is 22.2 Å². The van der Waals surface area contributed by atoms with E-state index in [-0.39, 0.29) is 0 Å². The van der Waals surface area contributed by atoms with Gasteiger partial charge < -0.3 is 0 Å². The molecule has 0 bridgehead atoms. The van der Waals surface area contributed by atoms with Crippen molar-refractivity contribution in [3.8, 4) is 22.6 Å². The van der Waals surface area contributed by atoms with Crippen LogP contribution in [0.1, 0.15) is 5.56 Å². The second-order valence-electron chi connectivity index (χ2n) is 5.66. The minimum absolute atomic E-state index is 0.462. The second-order valence-corrected chi connectivity index (χ2v) is 7.08. The number of aromatic nitrogens is 4. The largest absolute Gasteiger partial charge is 0.254 e. The average Bonchev–Trinajstić information content (AvgIpc) is 3.04. The summed E-state index contributed by atoms with van der Waals surface area (Å²) in [4.78, 5) is 0.839. The molecule has 116 valence electrons. The number of nitrogens with zero attached hydrogens (tertiary/aromatic N) is 4. The minimum atomic E-state index is -1.05. The molecule has 5 rings (SSSR count). The zero-order chi connectivity index (χ0) is 16.1. The lowest BCUT2D eigenvalue weighted by atomic mass is 10.1. The Kier molecular flexibility index (Phi) is 2.87. The molecule has 0 saturated heterocycles. The molecular formula is C18H12N4OS. The van der Waals surface area contributed by atoms with Crippen molar-refractivity contribution in [2.45, 2.75) is 10.6 Å². The van der Waals surface area contributed by atoms with Crippen molar-refractivity contribution in [1.29, 1.82) is 0 Å². The summed E-state index contributed by atoms with van der Waals surface area (Å²) < 4.78 is 14.2. The first-order chi connectivity index (χ1) is 11.8. The summed E-state index contributed by atoms with van der Waals surface area (Å²) in [7, 11) is -1.05. The number of rotatable bonds is 1. The maximum atomic E-state index is 12.5. The van der Waals surface area contributed by atoms with E-state index in [1.54, 1.807) is 4.52 Å². The van der Waals surface area contributed by atoms with Crippen molar-refractivity contribution in [1.82, 2.24) is 19.8 Å². The smallest absolute Gasteiger partial charge is 0.185 e. The van der Waals surface area contributed by atoms with E-state index in [4.69, 9.17) is 5.10 Å². The van der Waals surface area contributed by atoms with Gasteiger partial charge in [-0.25, -0.2) is 0 Å². The lowest BCUT2D eigenvalue weighted by molar-refractivity contribution is 0.681. The van der Waals surface area contributed by atoms with Crippen molar-refractivity contribution < 1.29 is 4.21 Å². The fourth-order valence-electron chi connectivity index (χ4n) is 3.05. The normalized spacial score (nSPS) is 15.9. The number of benzene rings is 2. The van der Waals surface area contributed by atoms with E-state index >= 15 is 0 Å². The van der Waals surface area contributed by atoms with Gasteiger partial charge in [0.2, 0.25) is 0 Å². The van der Waals surface area contributed by atoms with Crippen LogP contribution >= 0.6 is 0 Å². The van der Waals surface area contributed by atoms with Crippen LogP contribution in [0.2, 0.25) is 0 Å². The maximum absolute atomic E-state index is 12.5. The average molecular weight is 332 g/mol. The van der Waals surface area contributed by atoms with E-state index in [1.165, 1.54) is 0 Å². The van der Waals surface area contributed by atoms with Gasteiger partial charge in [-0.05, 0) is 17.7 Å². The fraction of sp³-hybridized carbons (Fsp3) is 0.0556. The predicted octanol–water partition coefficient (Wildman–Crippen LogP) is 3.08. The molecular weight excluding hydrogens is 320 g/mol. The highest BCUT2D eigenvalue weighted by Gasteiger charge is 2.24. The van der Waals surface area contributed by atoms with Crippen molar-refractivity contribution in [2.75, 3.05) is 0 Å². The Hall–Kier alpha value is -2.86. The lowest BCUT2D eigenvalue weighted by Crippen LogP contribution is -2.11. The van der Waals surface area contributed by atoms with E-state index in [2.05, 4.69) is 10.2 Å². The molecule has 1 unspecified atom stereocenters. The third kappa shape index (κ3) is 1.93. The molecule has 0 saturated carbocycles. The fourth-order valence-corrected chi connectivity index (χ4v) is 4.35. The van der Waals surface area contributed by atoms with Crippen LogP contribution in [0.25, 0.3) is 28.3 Å². The highest BCUT2D eigenvalue weighted by atomic mass is 32.2. The van der Waals surface area contributed by atoms with Gasteiger partial charge in [-0.1, -0.05) is 48.5 Å². The highest BCUT2D eigenvalue weighted by molar-refractivity contribution is 7.84. The van der Waals surface area contributed by atoms with Gasteiger partial charge in [0.1, 0.15) is 0 Å². The molecule has 0 N–H and O–H groups in total.